The molecule has 3 aromatic rings. The second kappa shape index (κ2) is 6.34. The third-order valence-corrected chi connectivity index (χ3v) is 4.53. The highest BCUT2D eigenvalue weighted by molar-refractivity contribution is 7.19. The van der Waals surface area contributed by atoms with E-state index in [2.05, 4.69) is 0 Å². The molecule has 0 unspecified atom stereocenters. The predicted octanol–water partition coefficient (Wildman–Crippen LogP) is 5.12. The van der Waals surface area contributed by atoms with Gasteiger partial charge in [0, 0.05) is 10.1 Å². The molecule has 0 saturated carbocycles. The number of hydrogen-bond acceptors (Lipinski definition) is 3. The molecule has 118 valence electrons. The third-order valence-electron chi connectivity index (χ3n) is 3.35. The summed E-state index contributed by atoms with van der Waals surface area (Å²) in [6.45, 7) is 0.320. The highest BCUT2D eigenvalue weighted by atomic mass is 32.1. The van der Waals surface area contributed by atoms with Crippen molar-refractivity contribution in [1.29, 1.82) is 0 Å². The van der Waals surface area contributed by atoms with Crippen molar-refractivity contribution in [1.82, 2.24) is 0 Å². The molecule has 0 radical (unpaired) electrons. The molecule has 2 aromatic carbocycles. The highest BCUT2D eigenvalue weighted by Crippen LogP contribution is 2.39. The zero-order chi connectivity index (χ0) is 16.4. The molecule has 0 aliphatic heterocycles. The Hall–Kier alpha value is -2.47. The lowest BCUT2D eigenvalue weighted by Gasteiger charge is -2.06. The van der Waals surface area contributed by atoms with E-state index in [0.29, 0.717) is 17.1 Å². The van der Waals surface area contributed by atoms with Crippen molar-refractivity contribution in [3.63, 3.8) is 0 Å². The summed E-state index contributed by atoms with van der Waals surface area (Å²) in [6, 6.07) is 14.2. The van der Waals surface area contributed by atoms with E-state index >= 15 is 0 Å². The van der Waals surface area contributed by atoms with Gasteiger partial charge in [0.1, 0.15) is 12.4 Å². The largest absolute Gasteiger partial charge is 0.489 e. The molecular formula is C17H12F2O3S. The second-order valence-electron chi connectivity index (χ2n) is 4.88. The van der Waals surface area contributed by atoms with Gasteiger partial charge >= 0.3 is 5.97 Å². The number of rotatable bonds is 5. The minimum atomic E-state index is -2.81. The number of carboxylic acid groups (broad SMARTS) is 1. The summed E-state index contributed by atoms with van der Waals surface area (Å²) < 4.78 is 32.2. The summed E-state index contributed by atoms with van der Waals surface area (Å²) in [5, 5.41) is 9.51. The van der Waals surface area contributed by atoms with Crippen LogP contribution in [0.15, 0.2) is 48.5 Å². The van der Waals surface area contributed by atoms with Crippen LogP contribution >= 0.6 is 11.3 Å². The Labute approximate surface area is 134 Å². The van der Waals surface area contributed by atoms with Crippen LogP contribution in [0.4, 0.5) is 8.78 Å². The molecule has 3 nitrogen and oxygen atoms in total. The predicted molar refractivity (Wildman–Crippen MR) is 84.5 cm³/mol. The smallest absolute Gasteiger partial charge is 0.337 e. The first kappa shape index (κ1) is 15.4. The number of aromatic carboxylic acids is 1. The van der Waals surface area contributed by atoms with Crippen LogP contribution in [-0.2, 0) is 6.61 Å². The van der Waals surface area contributed by atoms with Crippen molar-refractivity contribution in [2.24, 2.45) is 0 Å². The molecule has 0 aliphatic carbocycles. The van der Waals surface area contributed by atoms with E-state index in [9.17, 15) is 18.7 Å². The molecule has 0 amide bonds. The van der Waals surface area contributed by atoms with Crippen LogP contribution in [0.25, 0.3) is 10.1 Å². The van der Waals surface area contributed by atoms with Gasteiger partial charge in [-0.05, 0) is 23.8 Å². The molecule has 0 spiro atoms. The van der Waals surface area contributed by atoms with Gasteiger partial charge in [-0.1, -0.05) is 30.3 Å². The molecule has 0 aliphatic rings. The molecule has 1 N–H and O–H groups in total. The number of fused-ring (bicyclic) bond motifs is 1. The molecule has 0 saturated heterocycles. The zero-order valence-corrected chi connectivity index (χ0v) is 12.6. The topological polar surface area (TPSA) is 46.5 Å². The van der Waals surface area contributed by atoms with E-state index in [1.54, 1.807) is 12.1 Å². The second-order valence-corrected chi connectivity index (χ2v) is 5.96. The zero-order valence-electron chi connectivity index (χ0n) is 11.8. The Morgan fingerprint density at radius 2 is 1.91 bits per heavy atom. The summed E-state index contributed by atoms with van der Waals surface area (Å²) in [5.41, 5.74) is 0.620. The molecule has 0 fully saturated rings. The number of benzene rings is 2. The van der Waals surface area contributed by atoms with Gasteiger partial charge in [-0.25, -0.2) is 13.6 Å². The third kappa shape index (κ3) is 3.17. The SMILES string of the molecule is O=C(O)c1c(C(F)F)sc2ccc(OCc3ccccc3)cc12. The summed E-state index contributed by atoms with van der Waals surface area (Å²) >= 11 is 0.797. The van der Waals surface area contributed by atoms with Crippen LogP contribution in [0.2, 0.25) is 0 Å². The lowest BCUT2D eigenvalue weighted by atomic mass is 10.1. The summed E-state index contributed by atoms with van der Waals surface area (Å²) in [6.07, 6.45) is -2.81. The maximum atomic E-state index is 13.0. The fourth-order valence-corrected chi connectivity index (χ4v) is 3.33. The number of hydrogen-bond donors (Lipinski definition) is 1. The molecule has 3 rings (SSSR count). The summed E-state index contributed by atoms with van der Waals surface area (Å²) in [4.78, 5) is 10.9. The van der Waals surface area contributed by atoms with Crippen LogP contribution < -0.4 is 4.74 Å². The minimum absolute atomic E-state index is 0.281. The molecule has 6 heteroatoms. The van der Waals surface area contributed by atoms with Crippen molar-refractivity contribution in [2.75, 3.05) is 0 Å². The van der Waals surface area contributed by atoms with Gasteiger partial charge in [-0.2, -0.15) is 0 Å². The van der Waals surface area contributed by atoms with Crippen LogP contribution in [0.1, 0.15) is 27.2 Å². The molecule has 23 heavy (non-hydrogen) atoms. The number of alkyl halides is 2. The van der Waals surface area contributed by atoms with Crippen LogP contribution in [-0.4, -0.2) is 11.1 Å². The number of thiophene rings is 1. The van der Waals surface area contributed by atoms with E-state index < -0.39 is 17.3 Å². The van der Waals surface area contributed by atoms with Gasteiger partial charge in [-0.15, -0.1) is 11.3 Å². The molecule has 0 bridgehead atoms. The molecule has 1 aromatic heterocycles. The maximum absolute atomic E-state index is 13.0. The van der Waals surface area contributed by atoms with Crippen LogP contribution in [0, 0.1) is 0 Å². The van der Waals surface area contributed by atoms with E-state index in [1.807, 2.05) is 30.3 Å². The van der Waals surface area contributed by atoms with Crippen LogP contribution in [0.3, 0.4) is 0 Å². The maximum Gasteiger partial charge on any atom is 0.337 e. The van der Waals surface area contributed by atoms with Crippen molar-refractivity contribution in [3.05, 3.63) is 64.5 Å². The standard InChI is InChI=1S/C17H12F2O3S/c18-16(19)15-14(17(20)21)12-8-11(6-7-13(12)23-15)22-9-10-4-2-1-3-5-10/h1-8,16H,9H2,(H,20,21). The Bertz CT molecular complexity index is 844. The number of ether oxygens (including phenoxy) is 1. The Morgan fingerprint density at radius 1 is 1.17 bits per heavy atom. The van der Waals surface area contributed by atoms with E-state index in [0.717, 1.165) is 16.9 Å². The quantitative estimate of drug-likeness (QED) is 0.705. The van der Waals surface area contributed by atoms with Crippen molar-refractivity contribution in [2.45, 2.75) is 13.0 Å². The first-order valence-corrected chi connectivity index (χ1v) is 7.62. The van der Waals surface area contributed by atoms with Gasteiger partial charge in [0.25, 0.3) is 6.43 Å². The minimum Gasteiger partial charge on any atom is -0.489 e. The molecular weight excluding hydrogens is 322 g/mol. The lowest BCUT2D eigenvalue weighted by Crippen LogP contribution is -2.00. The fourth-order valence-electron chi connectivity index (χ4n) is 2.30. The Morgan fingerprint density at radius 3 is 2.57 bits per heavy atom. The van der Waals surface area contributed by atoms with Gasteiger partial charge in [0.05, 0.1) is 10.4 Å². The fraction of sp³-hybridized carbons (Fsp3) is 0.118. The lowest BCUT2D eigenvalue weighted by molar-refractivity contribution is 0.0689. The van der Waals surface area contributed by atoms with E-state index in [-0.39, 0.29) is 10.9 Å². The van der Waals surface area contributed by atoms with Gasteiger partial charge in [0.2, 0.25) is 0 Å². The highest BCUT2D eigenvalue weighted by Gasteiger charge is 2.24. The summed E-state index contributed by atoms with van der Waals surface area (Å²) in [7, 11) is 0. The van der Waals surface area contributed by atoms with Crippen molar-refractivity contribution >= 4 is 27.4 Å². The Kier molecular flexibility index (Phi) is 4.25. The molecule has 0 atom stereocenters. The van der Waals surface area contributed by atoms with Crippen molar-refractivity contribution < 1.29 is 23.4 Å². The first-order valence-electron chi connectivity index (χ1n) is 6.81. The average molecular weight is 334 g/mol. The molecule has 1 heterocycles. The van der Waals surface area contributed by atoms with Gasteiger partial charge in [-0.3, -0.25) is 0 Å². The summed E-state index contributed by atoms with van der Waals surface area (Å²) in [5.74, 6) is -0.908. The number of halogens is 2. The van der Waals surface area contributed by atoms with E-state index in [1.165, 1.54) is 6.07 Å². The number of carboxylic acids is 1. The average Bonchev–Trinajstić information content (AvgIpc) is 2.93. The normalized spacial score (nSPS) is 11.1. The number of carbonyl (C=O) groups is 1. The Balaban J connectivity index is 1.94. The first-order chi connectivity index (χ1) is 11.1. The van der Waals surface area contributed by atoms with Gasteiger partial charge < -0.3 is 9.84 Å². The van der Waals surface area contributed by atoms with Crippen molar-refractivity contribution in [3.8, 4) is 5.75 Å². The van der Waals surface area contributed by atoms with E-state index in [4.69, 9.17) is 4.74 Å². The monoisotopic (exact) mass is 334 g/mol. The van der Waals surface area contributed by atoms with Crippen LogP contribution in [0.5, 0.6) is 5.75 Å². The van der Waals surface area contributed by atoms with Gasteiger partial charge in [0.15, 0.2) is 0 Å².